The van der Waals surface area contributed by atoms with Gasteiger partial charge in [-0.3, -0.25) is 0 Å². The second kappa shape index (κ2) is 5.73. The molecule has 0 N–H and O–H groups in total. The van der Waals surface area contributed by atoms with E-state index in [-0.39, 0.29) is 0 Å². The van der Waals surface area contributed by atoms with Crippen LogP contribution in [-0.4, -0.2) is 12.6 Å². The zero-order valence-electron chi connectivity index (χ0n) is 8.02. The van der Waals surface area contributed by atoms with Crippen LogP contribution >= 0.6 is 39.1 Å². The summed E-state index contributed by atoms with van der Waals surface area (Å²) in [4.78, 5) is 11.4. The van der Waals surface area contributed by atoms with Gasteiger partial charge in [0.2, 0.25) is 0 Å². The fraction of sp³-hybridized carbons (Fsp3) is 0.300. The minimum Gasteiger partial charge on any atom is -0.462 e. The summed E-state index contributed by atoms with van der Waals surface area (Å²) in [5.74, 6) is -0.453. The lowest BCUT2D eigenvalue weighted by atomic mass is 10.1. The molecule has 0 fully saturated rings. The molecular weight excluding hydrogens is 303 g/mol. The lowest BCUT2D eigenvalue weighted by Crippen LogP contribution is -2.05. The molecule has 0 atom stereocenters. The minimum atomic E-state index is -0.453. The summed E-state index contributed by atoms with van der Waals surface area (Å²) in [6, 6.07) is 3.18. The molecule has 0 aromatic heterocycles. The maximum atomic E-state index is 11.4. The number of ether oxygens (including phenoxy) is 1. The number of rotatable bonds is 3. The minimum absolute atomic E-state index is 0.299. The van der Waals surface area contributed by atoms with Gasteiger partial charge in [0, 0.05) is 10.4 Å². The van der Waals surface area contributed by atoms with Crippen molar-refractivity contribution in [2.75, 3.05) is 6.61 Å². The van der Waals surface area contributed by atoms with Gasteiger partial charge < -0.3 is 4.74 Å². The Bertz CT molecular complexity index is 380. The van der Waals surface area contributed by atoms with E-state index in [1.54, 1.807) is 13.0 Å². The molecule has 0 aliphatic carbocycles. The molecule has 2 nitrogen and oxygen atoms in total. The highest BCUT2D eigenvalue weighted by molar-refractivity contribution is 9.08. The van der Waals surface area contributed by atoms with Crippen LogP contribution in [0.15, 0.2) is 12.1 Å². The quantitative estimate of drug-likeness (QED) is 0.621. The van der Waals surface area contributed by atoms with Crippen LogP contribution in [0.3, 0.4) is 0 Å². The standard InChI is InChI=1S/C10H9BrCl2O2/c1-2-15-10(14)7-4-8(12)6(5-11)3-9(7)13/h3-4H,2,5H2,1H3. The summed E-state index contributed by atoms with van der Waals surface area (Å²) in [7, 11) is 0. The van der Waals surface area contributed by atoms with Crippen LogP contribution in [0.25, 0.3) is 0 Å². The fourth-order valence-corrected chi connectivity index (χ4v) is 2.17. The van der Waals surface area contributed by atoms with Gasteiger partial charge in [0.05, 0.1) is 17.2 Å². The molecule has 15 heavy (non-hydrogen) atoms. The molecule has 1 aromatic carbocycles. The first kappa shape index (κ1) is 12.8. The van der Waals surface area contributed by atoms with Crippen LogP contribution in [0.5, 0.6) is 0 Å². The van der Waals surface area contributed by atoms with E-state index >= 15 is 0 Å². The van der Waals surface area contributed by atoms with Gasteiger partial charge in [-0.2, -0.15) is 0 Å². The van der Waals surface area contributed by atoms with Crippen LogP contribution in [0.2, 0.25) is 10.0 Å². The molecule has 0 aliphatic heterocycles. The van der Waals surface area contributed by atoms with Crippen molar-refractivity contribution in [2.24, 2.45) is 0 Å². The summed E-state index contributed by atoms with van der Waals surface area (Å²) in [6.45, 7) is 2.05. The Balaban J connectivity index is 3.10. The molecule has 0 bridgehead atoms. The Hall–Kier alpha value is -0.250. The molecule has 82 valence electrons. The molecule has 1 rings (SSSR count). The normalized spacial score (nSPS) is 10.1. The third kappa shape index (κ3) is 3.10. The van der Waals surface area contributed by atoms with Crippen molar-refractivity contribution in [3.8, 4) is 0 Å². The number of hydrogen-bond donors (Lipinski definition) is 0. The van der Waals surface area contributed by atoms with Gasteiger partial charge in [0.1, 0.15) is 0 Å². The number of alkyl halides is 1. The molecule has 0 unspecified atom stereocenters. The lowest BCUT2D eigenvalue weighted by molar-refractivity contribution is 0.0526. The van der Waals surface area contributed by atoms with Crippen molar-refractivity contribution in [1.29, 1.82) is 0 Å². The molecule has 0 saturated heterocycles. The van der Waals surface area contributed by atoms with Gasteiger partial charge in [-0.15, -0.1) is 0 Å². The Morgan fingerprint density at radius 2 is 2.07 bits per heavy atom. The van der Waals surface area contributed by atoms with E-state index in [1.807, 2.05) is 0 Å². The van der Waals surface area contributed by atoms with Crippen molar-refractivity contribution >= 4 is 45.1 Å². The Morgan fingerprint density at radius 3 is 2.60 bits per heavy atom. The number of carbonyl (C=O) groups excluding carboxylic acids is 1. The monoisotopic (exact) mass is 310 g/mol. The second-order valence-corrected chi connectivity index (χ2v) is 4.15. The van der Waals surface area contributed by atoms with Crippen LogP contribution in [0, 0.1) is 0 Å². The summed E-state index contributed by atoms with van der Waals surface area (Å²) in [6.07, 6.45) is 0. The van der Waals surface area contributed by atoms with E-state index in [2.05, 4.69) is 15.9 Å². The summed E-state index contributed by atoms with van der Waals surface area (Å²) in [5.41, 5.74) is 1.14. The first-order valence-electron chi connectivity index (χ1n) is 4.31. The zero-order chi connectivity index (χ0) is 11.4. The van der Waals surface area contributed by atoms with Gasteiger partial charge in [0.25, 0.3) is 0 Å². The topological polar surface area (TPSA) is 26.3 Å². The third-order valence-electron chi connectivity index (χ3n) is 1.78. The number of hydrogen-bond acceptors (Lipinski definition) is 2. The zero-order valence-corrected chi connectivity index (χ0v) is 11.1. The Labute approximate surface area is 107 Å². The van der Waals surface area contributed by atoms with Crippen LogP contribution in [0.1, 0.15) is 22.8 Å². The Morgan fingerprint density at radius 1 is 1.40 bits per heavy atom. The fourth-order valence-electron chi connectivity index (χ4n) is 1.06. The highest BCUT2D eigenvalue weighted by Crippen LogP contribution is 2.27. The highest BCUT2D eigenvalue weighted by Gasteiger charge is 2.14. The molecule has 1 aromatic rings. The molecule has 0 heterocycles. The molecule has 0 saturated carbocycles. The molecular formula is C10H9BrCl2O2. The number of halogens is 3. The number of carbonyl (C=O) groups is 1. The van der Waals surface area contributed by atoms with Crippen molar-refractivity contribution in [3.63, 3.8) is 0 Å². The second-order valence-electron chi connectivity index (χ2n) is 2.78. The van der Waals surface area contributed by atoms with Gasteiger partial charge in [-0.1, -0.05) is 39.1 Å². The number of benzene rings is 1. The van der Waals surface area contributed by atoms with Crippen LogP contribution in [0.4, 0.5) is 0 Å². The average Bonchev–Trinajstić information content (AvgIpc) is 2.21. The summed E-state index contributed by atoms with van der Waals surface area (Å²) < 4.78 is 4.84. The smallest absolute Gasteiger partial charge is 0.339 e. The summed E-state index contributed by atoms with van der Waals surface area (Å²) >= 11 is 15.2. The Kier molecular flexibility index (Phi) is 4.90. The number of esters is 1. The molecule has 0 radical (unpaired) electrons. The van der Waals surface area contributed by atoms with E-state index in [4.69, 9.17) is 27.9 Å². The van der Waals surface area contributed by atoms with E-state index < -0.39 is 5.97 Å². The predicted molar refractivity (Wildman–Crippen MR) is 65.0 cm³/mol. The van der Waals surface area contributed by atoms with E-state index in [0.29, 0.717) is 27.5 Å². The van der Waals surface area contributed by atoms with Crippen molar-refractivity contribution < 1.29 is 9.53 Å². The van der Waals surface area contributed by atoms with E-state index in [9.17, 15) is 4.79 Å². The molecule has 0 aliphatic rings. The average molecular weight is 312 g/mol. The van der Waals surface area contributed by atoms with Gasteiger partial charge >= 0.3 is 5.97 Å². The SMILES string of the molecule is CCOC(=O)c1cc(Cl)c(CBr)cc1Cl. The van der Waals surface area contributed by atoms with Crippen LogP contribution in [-0.2, 0) is 10.1 Å². The van der Waals surface area contributed by atoms with Crippen LogP contribution < -0.4 is 0 Å². The van der Waals surface area contributed by atoms with Gasteiger partial charge in [0.15, 0.2) is 0 Å². The summed E-state index contributed by atoms with van der Waals surface area (Å²) in [5, 5.41) is 1.45. The molecule has 5 heteroatoms. The first-order chi connectivity index (χ1) is 7.10. The maximum Gasteiger partial charge on any atom is 0.339 e. The highest BCUT2D eigenvalue weighted by atomic mass is 79.9. The van der Waals surface area contributed by atoms with Crippen molar-refractivity contribution in [3.05, 3.63) is 33.3 Å². The first-order valence-corrected chi connectivity index (χ1v) is 6.18. The molecule has 0 spiro atoms. The van der Waals surface area contributed by atoms with Gasteiger partial charge in [-0.05, 0) is 24.6 Å². The van der Waals surface area contributed by atoms with E-state index in [0.717, 1.165) is 5.56 Å². The maximum absolute atomic E-state index is 11.4. The predicted octanol–water partition coefficient (Wildman–Crippen LogP) is 4.07. The van der Waals surface area contributed by atoms with E-state index in [1.165, 1.54) is 6.07 Å². The lowest BCUT2D eigenvalue weighted by Gasteiger charge is -2.07. The van der Waals surface area contributed by atoms with Crippen molar-refractivity contribution in [1.82, 2.24) is 0 Å². The largest absolute Gasteiger partial charge is 0.462 e. The van der Waals surface area contributed by atoms with Crippen molar-refractivity contribution in [2.45, 2.75) is 12.3 Å². The molecule has 0 amide bonds. The van der Waals surface area contributed by atoms with Gasteiger partial charge in [-0.25, -0.2) is 4.79 Å². The third-order valence-corrected chi connectivity index (χ3v) is 3.04.